The van der Waals surface area contributed by atoms with Gasteiger partial charge >= 0.3 is 24.1 Å². The van der Waals surface area contributed by atoms with Crippen LogP contribution in [0.15, 0.2) is 72.8 Å². The number of carbonyl (C=O) groups excluding carboxylic acids is 3. The lowest BCUT2D eigenvalue weighted by atomic mass is 9.98. The van der Waals surface area contributed by atoms with Crippen molar-refractivity contribution in [1.82, 2.24) is 20.4 Å². The Bertz CT molecular complexity index is 1590. The van der Waals surface area contributed by atoms with E-state index in [9.17, 15) is 24.3 Å². The second-order valence-corrected chi connectivity index (χ2v) is 12.9. The normalized spacial score (nSPS) is 15.1. The van der Waals surface area contributed by atoms with Crippen molar-refractivity contribution in [2.45, 2.75) is 64.1 Å². The van der Waals surface area contributed by atoms with Crippen LogP contribution in [0.2, 0.25) is 0 Å². The fourth-order valence-electron chi connectivity index (χ4n) is 6.29. The molecule has 1 aliphatic carbocycles. The maximum absolute atomic E-state index is 12.8. The van der Waals surface area contributed by atoms with Crippen molar-refractivity contribution in [3.8, 4) is 11.1 Å². The molecule has 0 saturated carbocycles. The number of nitrogens with one attached hydrogen (secondary N) is 2. The molecule has 0 aromatic heterocycles. The molecule has 1 saturated heterocycles. The maximum Gasteiger partial charge on any atom is 0.407 e. The predicted molar refractivity (Wildman–Crippen MR) is 185 cm³/mol. The van der Waals surface area contributed by atoms with Crippen LogP contribution in [0, 0.1) is 0 Å². The van der Waals surface area contributed by atoms with Crippen molar-refractivity contribution in [2.75, 3.05) is 39.3 Å². The number of hydrogen-bond acceptors (Lipinski definition) is 7. The second-order valence-electron chi connectivity index (χ2n) is 12.9. The van der Waals surface area contributed by atoms with Gasteiger partial charge in [-0.1, -0.05) is 86.6 Å². The van der Waals surface area contributed by atoms with E-state index in [1.165, 1.54) is 0 Å². The minimum absolute atomic E-state index is 0.0696. The highest BCUT2D eigenvalue weighted by Crippen LogP contribution is 2.44. The molecule has 49 heavy (non-hydrogen) atoms. The van der Waals surface area contributed by atoms with Crippen molar-refractivity contribution in [3.05, 3.63) is 95.1 Å². The van der Waals surface area contributed by atoms with Gasteiger partial charge in [0.05, 0.1) is 6.54 Å². The fraction of sp³-hybridized carbons (Fsp3) is 0.421. The molecule has 1 aliphatic heterocycles. The standard InChI is InChI=1S/C38H46N4O7/c1-4-38(3,5-2)49-34(43)24-41-18-20-42(21-19-41)36(46)39-23-27-16-14-26(15-17-27)22-33(35(44)45)40-37(47)48-25-32-30-12-8-6-10-28(30)29-11-7-9-13-31(29)32/h6-17,32-33H,4-5,18-25H2,1-3H3,(H,39,46)(H,40,47)(H,44,45)/t33-/m1/s1. The number of alkyl carbamates (subject to hydrolysis) is 1. The first-order valence-electron chi connectivity index (χ1n) is 17.0. The van der Waals surface area contributed by atoms with Crippen LogP contribution in [-0.2, 0) is 32.0 Å². The number of fused-ring (bicyclic) bond motifs is 3. The lowest BCUT2D eigenvalue weighted by molar-refractivity contribution is -0.160. The van der Waals surface area contributed by atoms with Crippen LogP contribution in [0.1, 0.15) is 61.8 Å². The summed E-state index contributed by atoms with van der Waals surface area (Å²) in [6, 6.07) is 21.9. The number of benzene rings is 3. The molecule has 11 heteroatoms. The van der Waals surface area contributed by atoms with Crippen molar-refractivity contribution in [3.63, 3.8) is 0 Å². The minimum Gasteiger partial charge on any atom is -0.480 e. The number of nitrogens with zero attached hydrogens (tertiary/aromatic N) is 2. The summed E-state index contributed by atoms with van der Waals surface area (Å²) in [7, 11) is 0. The number of piperazine rings is 1. The average Bonchev–Trinajstić information content (AvgIpc) is 3.43. The Balaban J connectivity index is 1.05. The highest BCUT2D eigenvalue weighted by atomic mass is 16.6. The molecule has 1 atom stereocenters. The van der Waals surface area contributed by atoms with Crippen molar-refractivity contribution in [2.24, 2.45) is 0 Å². The molecule has 5 rings (SSSR count). The number of carbonyl (C=O) groups is 4. The van der Waals surface area contributed by atoms with E-state index < -0.39 is 23.7 Å². The number of aliphatic carboxylic acids is 1. The largest absolute Gasteiger partial charge is 0.480 e. The fourth-order valence-corrected chi connectivity index (χ4v) is 6.29. The Labute approximate surface area is 287 Å². The smallest absolute Gasteiger partial charge is 0.407 e. The number of carboxylic acid groups (broad SMARTS) is 1. The zero-order valence-electron chi connectivity index (χ0n) is 28.4. The summed E-state index contributed by atoms with van der Waals surface area (Å²) in [5, 5.41) is 15.3. The van der Waals surface area contributed by atoms with Crippen LogP contribution in [0.5, 0.6) is 0 Å². The van der Waals surface area contributed by atoms with Gasteiger partial charge in [0.25, 0.3) is 0 Å². The van der Waals surface area contributed by atoms with Crippen LogP contribution in [0.4, 0.5) is 9.59 Å². The third kappa shape index (κ3) is 8.97. The predicted octanol–water partition coefficient (Wildman–Crippen LogP) is 5.17. The number of rotatable bonds is 13. The van der Waals surface area contributed by atoms with Gasteiger partial charge in [0, 0.05) is 45.1 Å². The first kappa shape index (κ1) is 35.4. The molecule has 260 valence electrons. The summed E-state index contributed by atoms with van der Waals surface area (Å²) in [4.78, 5) is 53.7. The third-order valence-electron chi connectivity index (χ3n) is 9.71. The maximum atomic E-state index is 12.8. The molecular formula is C38H46N4O7. The topological polar surface area (TPSA) is 138 Å². The van der Waals surface area contributed by atoms with Gasteiger partial charge in [0.1, 0.15) is 18.2 Å². The molecule has 3 N–H and O–H groups in total. The summed E-state index contributed by atoms with van der Waals surface area (Å²) in [5.74, 6) is -1.53. The molecule has 11 nitrogen and oxygen atoms in total. The molecular weight excluding hydrogens is 624 g/mol. The minimum atomic E-state index is -1.18. The van der Waals surface area contributed by atoms with Gasteiger partial charge in [0.15, 0.2) is 0 Å². The van der Waals surface area contributed by atoms with Gasteiger partial charge < -0.3 is 30.1 Å². The molecule has 3 amide bonds. The Morgan fingerprint density at radius 1 is 0.857 bits per heavy atom. The Kier molecular flexibility index (Phi) is 11.6. The number of carboxylic acids is 1. The number of esters is 1. The molecule has 3 aromatic carbocycles. The third-order valence-corrected chi connectivity index (χ3v) is 9.71. The van der Waals surface area contributed by atoms with E-state index in [0.29, 0.717) is 38.3 Å². The molecule has 1 fully saturated rings. The van der Waals surface area contributed by atoms with Gasteiger partial charge in [-0.2, -0.15) is 0 Å². The van der Waals surface area contributed by atoms with Gasteiger partial charge in [-0.25, -0.2) is 14.4 Å². The molecule has 0 unspecified atom stereocenters. The molecule has 0 bridgehead atoms. The van der Waals surface area contributed by atoms with Crippen molar-refractivity contribution in [1.29, 1.82) is 0 Å². The Morgan fingerprint density at radius 3 is 2.00 bits per heavy atom. The number of amides is 3. The highest BCUT2D eigenvalue weighted by molar-refractivity contribution is 5.81. The monoisotopic (exact) mass is 670 g/mol. The molecule has 2 aliphatic rings. The van der Waals surface area contributed by atoms with Gasteiger partial charge in [-0.05, 0) is 53.1 Å². The lowest BCUT2D eigenvalue weighted by Crippen LogP contribution is -2.52. The Hall–Kier alpha value is -4.90. The molecule has 0 radical (unpaired) electrons. The zero-order chi connectivity index (χ0) is 35.0. The van der Waals surface area contributed by atoms with Crippen molar-refractivity contribution >= 4 is 24.1 Å². The van der Waals surface area contributed by atoms with Gasteiger partial charge in [-0.15, -0.1) is 0 Å². The zero-order valence-corrected chi connectivity index (χ0v) is 28.4. The highest BCUT2D eigenvalue weighted by Gasteiger charge is 2.30. The molecule has 3 aromatic rings. The van der Waals surface area contributed by atoms with E-state index in [0.717, 1.165) is 40.7 Å². The summed E-state index contributed by atoms with van der Waals surface area (Å²) in [6.45, 7) is 8.74. The van der Waals surface area contributed by atoms with E-state index in [-0.39, 0.29) is 37.5 Å². The van der Waals surface area contributed by atoms with E-state index in [1.807, 2.05) is 74.2 Å². The van der Waals surface area contributed by atoms with Gasteiger partial charge in [-0.3, -0.25) is 9.69 Å². The van der Waals surface area contributed by atoms with Crippen molar-refractivity contribution < 1.29 is 33.8 Å². The van der Waals surface area contributed by atoms with Crippen LogP contribution in [0.25, 0.3) is 11.1 Å². The van der Waals surface area contributed by atoms with Gasteiger partial charge in [0.2, 0.25) is 0 Å². The molecule has 0 spiro atoms. The van der Waals surface area contributed by atoms with Crippen LogP contribution >= 0.6 is 0 Å². The first-order valence-corrected chi connectivity index (χ1v) is 17.0. The summed E-state index contributed by atoms with van der Waals surface area (Å²) in [5.41, 5.74) is 5.49. The first-order chi connectivity index (χ1) is 23.6. The SMILES string of the molecule is CCC(C)(CC)OC(=O)CN1CCN(C(=O)NCc2ccc(C[C@@H](NC(=O)OCC3c4ccccc4-c4ccccc43)C(=O)O)cc2)CC1. The van der Waals surface area contributed by atoms with E-state index >= 15 is 0 Å². The van der Waals surface area contributed by atoms with E-state index in [2.05, 4.69) is 22.8 Å². The second kappa shape index (κ2) is 16.0. The average molecular weight is 671 g/mol. The van der Waals surface area contributed by atoms with Crippen LogP contribution < -0.4 is 10.6 Å². The van der Waals surface area contributed by atoms with Crippen LogP contribution in [-0.4, -0.2) is 89.9 Å². The van der Waals surface area contributed by atoms with E-state index in [4.69, 9.17) is 9.47 Å². The summed E-state index contributed by atoms with van der Waals surface area (Å²) in [6.07, 6.45) is 0.802. The van der Waals surface area contributed by atoms with Crippen LogP contribution in [0.3, 0.4) is 0 Å². The molecule has 1 heterocycles. The number of urea groups is 1. The lowest BCUT2D eigenvalue weighted by Gasteiger charge is -2.35. The quantitative estimate of drug-likeness (QED) is 0.212. The van der Waals surface area contributed by atoms with E-state index in [1.54, 1.807) is 17.0 Å². The summed E-state index contributed by atoms with van der Waals surface area (Å²) < 4.78 is 11.2. The number of ether oxygens (including phenoxy) is 2. The summed E-state index contributed by atoms with van der Waals surface area (Å²) >= 11 is 0. The Morgan fingerprint density at radius 2 is 1.43 bits per heavy atom. The number of hydrogen-bond donors (Lipinski definition) is 3.